The van der Waals surface area contributed by atoms with Crippen LogP contribution in [0.4, 0.5) is 0 Å². The topological polar surface area (TPSA) is 38.1 Å². The summed E-state index contributed by atoms with van der Waals surface area (Å²) < 4.78 is 5.30. The second-order valence-electron chi connectivity index (χ2n) is 3.89. The molecule has 1 unspecified atom stereocenters. The third-order valence-electron chi connectivity index (χ3n) is 2.45. The maximum atomic E-state index is 5.30. The first-order valence-electron chi connectivity index (χ1n) is 5.50. The fraction of sp³-hybridized carbons (Fsp3) is 0.308. The Morgan fingerprint density at radius 3 is 2.94 bits per heavy atom. The molecule has 0 aliphatic carbocycles. The minimum atomic E-state index is 0.383. The summed E-state index contributed by atoms with van der Waals surface area (Å²) >= 11 is 0. The SMILES string of the molecule is CC(Cc1ccco1)NCc1ccccn1. The van der Waals surface area contributed by atoms with Crippen molar-refractivity contribution in [2.45, 2.75) is 25.9 Å². The number of nitrogens with zero attached hydrogens (tertiary/aromatic N) is 1. The van der Waals surface area contributed by atoms with Gasteiger partial charge in [-0.25, -0.2) is 0 Å². The monoisotopic (exact) mass is 216 g/mol. The van der Waals surface area contributed by atoms with Crippen LogP contribution in [0, 0.1) is 0 Å². The quantitative estimate of drug-likeness (QED) is 0.834. The molecule has 0 aromatic carbocycles. The Hall–Kier alpha value is -1.61. The van der Waals surface area contributed by atoms with Gasteiger partial charge in [-0.1, -0.05) is 6.07 Å². The largest absolute Gasteiger partial charge is 0.469 e. The van der Waals surface area contributed by atoms with E-state index in [-0.39, 0.29) is 0 Å². The van der Waals surface area contributed by atoms with Crippen LogP contribution in [-0.2, 0) is 13.0 Å². The van der Waals surface area contributed by atoms with Gasteiger partial charge in [-0.05, 0) is 31.2 Å². The molecule has 1 atom stereocenters. The first-order valence-corrected chi connectivity index (χ1v) is 5.50. The molecule has 0 saturated carbocycles. The van der Waals surface area contributed by atoms with E-state index in [0.29, 0.717) is 6.04 Å². The van der Waals surface area contributed by atoms with Crippen LogP contribution in [0.3, 0.4) is 0 Å². The van der Waals surface area contributed by atoms with Gasteiger partial charge < -0.3 is 9.73 Å². The Labute approximate surface area is 95.5 Å². The summed E-state index contributed by atoms with van der Waals surface area (Å²) in [6.45, 7) is 2.94. The van der Waals surface area contributed by atoms with Gasteiger partial charge in [-0.2, -0.15) is 0 Å². The zero-order valence-electron chi connectivity index (χ0n) is 9.39. The standard InChI is InChI=1S/C13H16N2O/c1-11(9-13-6-4-8-16-13)15-10-12-5-2-3-7-14-12/h2-8,11,15H,9-10H2,1H3. The highest BCUT2D eigenvalue weighted by Crippen LogP contribution is 2.04. The Morgan fingerprint density at radius 2 is 2.25 bits per heavy atom. The fourth-order valence-corrected chi connectivity index (χ4v) is 1.58. The highest BCUT2D eigenvalue weighted by Gasteiger charge is 2.05. The first kappa shape index (κ1) is 10.9. The van der Waals surface area contributed by atoms with Crippen molar-refractivity contribution in [2.24, 2.45) is 0 Å². The van der Waals surface area contributed by atoms with Gasteiger partial charge in [0.2, 0.25) is 0 Å². The third-order valence-corrected chi connectivity index (χ3v) is 2.45. The van der Waals surface area contributed by atoms with Gasteiger partial charge >= 0.3 is 0 Å². The average Bonchev–Trinajstić information content (AvgIpc) is 2.81. The summed E-state index contributed by atoms with van der Waals surface area (Å²) in [5, 5.41) is 3.41. The summed E-state index contributed by atoms with van der Waals surface area (Å²) in [7, 11) is 0. The molecule has 0 saturated heterocycles. The molecular formula is C13H16N2O. The fourth-order valence-electron chi connectivity index (χ4n) is 1.58. The highest BCUT2D eigenvalue weighted by molar-refractivity contribution is 5.04. The molecule has 2 aromatic heterocycles. The van der Waals surface area contributed by atoms with E-state index in [2.05, 4.69) is 17.2 Å². The van der Waals surface area contributed by atoms with Gasteiger partial charge in [0.25, 0.3) is 0 Å². The highest BCUT2D eigenvalue weighted by atomic mass is 16.3. The van der Waals surface area contributed by atoms with Crippen LogP contribution in [0.2, 0.25) is 0 Å². The smallest absolute Gasteiger partial charge is 0.105 e. The molecule has 0 bridgehead atoms. The molecule has 16 heavy (non-hydrogen) atoms. The van der Waals surface area contributed by atoms with Crippen LogP contribution in [-0.4, -0.2) is 11.0 Å². The Balaban J connectivity index is 1.78. The van der Waals surface area contributed by atoms with E-state index in [0.717, 1.165) is 24.4 Å². The number of aromatic nitrogens is 1. The molecule has 0 spiro atoms. The Morgan fingerprint density at radius 1 is 1.31 bits per heavy atom. The lowest BCUT2D eigenvalue weighted by molar-refractivity contribution is 0.455. The molecule has 0 aliphatic heterocycles. The van der Waals surface area contributed by atoms with Gasteiger partial charge in [0.15, 0.2) is 0 Å². The summed E-state index contributed by atoms with van der Waals surface area (Å²) in [6.07, 6.45) is 4.43. The summed E-state index contributed by atoms with van der Waals surface area (Å²) in [4.78, 5) is 4.26. The maximum Gasteiger partial charge on any atom is 0.105 e. The van der Waals surface area contributed by atoms with Crippen molar-refractivity contribution in [1.82, 2.24) is 10.3 Å². The lowest BCUT2D eigenvalue weighted by atomic mass is 10.2. The second-order valence-corrected chi connectivity index (χ2v) is 3.89. The summed E-state index contributed by atoms with van der Waals surface area (Å²) in [5.74, 6) is 1.01. The van der Waals surface area contributed by atoms with Crippen LogP contribution in [0.15, 0.2) is 47.2 Å². The molecule has 3 nitrogen and oxygen atoms in total. The molecule has 0 radical (unpaired) electrons. The van der Waals surface area contributed by atoms with Crippen molar-refractivity contribution in [3.05, 3.63) is 54.2 Å². The number of nitrogens with one attached hydrogen (secondary N) is 1. The van der Waals surface area contributed by atoms with Gasteiger partial charge in [0.05, 0.1) is 12.0 Å². The second kappa shape index (κ2) is 5.47. The molecule has 1 N–H and O–H groups in total. The summed E-state index contributed by atoms with van der Waals surface area (Å²) in [6, 6.07) is 10.2. The minimum Gasteiger partial charge on any atom is -0.469 e. The molecule has 84 valence electrons. The van der Waals surface area contributed by atoms with Crippen molar-refractivity contribution < 1.29 is 4.42 Å². The van der Waals surface area contributed by atoms with Crippen molar-refractivity contribution in [3.8, 4) is 0 Å². The van der Waals surface area contributed by atoms with E-state index in [1.807, 2.05) is 36.5 Å². The van der Waals surface area contributed by atoms with Gasteiger partial charge in [0.1, 0.15) is 5.76 Å². The molecule has 2 rings (SSSR count). The molecule has 3 heteroatoms. The van der Waals surface area contributed by atoms with Crippen molar-refractivity contribution in [2.75, 3.05) is 0 Å². The number of hydrogen-bond donors (Lipinski definition) is 1. The van der Waals surface area contributed by atoms with E-state index in [9.17, 15) is 0 Å². The van der Waals surface area contributed by atoms with Crippen LogP contribution < -0.4 is 5.32 Å². The Bertz CT molecular complexity index is 397. The van der Waals surface area contributed by atoms with Crippen LogP contribution >= 0.6 is 0 Å². The Kier molecular flexibility index (Phi) is 3.72. The molecular weight excluding hydrogens is 200 g/mol. The first-order chi connectivity index (χ1) is 7.84. The molecule has 0 aliphatic rings. The van der Waals surface area contributed by atoms with Crippen molar-refractivity contribution in [1.29, 1.82) is 0 Å². The van der Waals surface area contributed by atoms with Gasteiger partial charge in [-0.3, -0.25) is 4.98 Å². The van der Waals surface area contributed by atoms with E-state index in [1.54, 1.807) is 6.26 Å². The molecule has 0 fully saturated rings. The van der Waals surface area contributed by atoms with E-state index < -0.39 is 0 Å². The zero-order valence-corrected chi connectivity index (χ0v) is 9.39. The normalized spacial score (nSPS) is 12.6. The number of furan rings is 1. The van der Waals surface area contributed by atoms with E-state index in [4.69, 9.17) is 4.42 Å². The van der Waals surface area contributed by atoms with Crippen LogP contribution in [0.1, 0.15) is 18.4 Å². The van der Waals surface area contributed by atoms with Crippen LogP contribution in [0.25, 0.3) is 0 Å². The lowest BCUT2D eigenvalue weighted by Gasteiger charge is -2.11. The summed E-state index contributed by atoms with van der Waals surface area (Å²) in [5.41, 5.74) is 1.06. The van der Waals surface area contributed by atoms with Crippen molar-refractivity contribution >= 4 is 0 Å². The van der Waals surface area contributed by atoms with E-state index in [1.165, 1.54) is 0 Å². The molecule has 2 heterocycles. The molecule has 0 amide bonds. The minimum absolute atomic E-state index is 0.383. The zero-order chi connectivity index (χ0) is 11.2. The number of pyridine rings is 1. The lowest BCUT2D eigenvalue weighted by Crippen LogP contribution is -2.27. The van der Waals surface area contributed by atoms with Crippen LogP contribution in [0.5, 0.6) is 0 Å². The number of rotatable bonds is 5. The average molecular weight is 216 g/mol. The van der Waals surface area contributed by atoms with Gasteiger partial charge in [-0.15, -0.1) is 0 Å². The predicted molar refractivity (Wildman–Crippen MR) is 63.0 cm³/mol. The number of hydrogen-bond acceptors (Lipinski definition) is 3. The van der Waals surface area contributed by atoms with Crippen molar-refractivity contribution in [3.63, 3.8) is 0 Å². The maximum absolute atomic E-state index is 5.30. The predicted octanol–water partition coefficient (Wildman–Crippen LogP) is 2.40. The third kappa shape index (κ3) is 3.21. The van der Waals surface area contributed by atoms with Gasteiger partial charge in [0, 0.05) is 25.2 Å². The van der Waals surface area contributed by atoms with E-state index >= 15 is 0 Å². The molecule has 2 aromatic rings.